The number of benzene rings is 1. The number of hydrogen-bond donors (Lipinski definition) is 0. The van der Waals surface area contributed by atoms with Crippen molar-refractivity contribution in [2.45, 2.75) is 4.90 Å². The highest BCUT2D eigenvalue weighted by Gasteiger charge is 1.88. The van der Waals surface area contributed by atoms with Crippen molar-refractivity contribution in [1.82, 2.24) is 0 Å². The van der Waals surface area contributed by atoms with E-state index in [4.69, 9.17) is 0 Å². The number of thioether (sulfide) groups is 1. The number of hydrogen-bond acceptors (Lipinski definition) is 2. The molecule has 0 amide bonds. The molecule has 0 aliphatic carbocycles. The Morgan fingerprint density at radius 2 is 2.00 bits per heavy atom. The highest BCUT2D eigenvalue weighted by atomic mass is 32.2. The van der Waals surface area contributed by atoms with Crippen LogP contribution in [0, 0.1) is 0 Å². The van der Waals surface area contributed by atoms with E-state index < -0.39 is 0 Å². The zero-order chi connectivity index (χ0) is 8.81. The Kier molecular flexibility index (Phi) is 3.43. The van der Waals surface area contributed by atoms with Crippen LogP contribution in [0.5, 0.6) is 0 Å². The maximum Gasteiger partial charge on any atom is 0.177 e. The standard InChI is InChI=1S/C10H8OS/c1-12-10-6-4-9(5-7-10)3-2-8-11/h3-7H,1H3. The maximum absolute atomic E-state index is 9.83. The van der Waals surface area contributed by atoms with Crippen LogP contribution in [-0.4, -0.2) is 12.2 Å². The third-order valence-corrected chi connectivity index (χ3v) is 2.16. The van der Waals surface area contributed by atoms with E-state index in [2.05, 4.69) is 5.73 Å². The van der Waals surface area contributed by atoms with Crippen LogP contribution in [0.15, 0.2) is 34.9 Å². The molecule has 1 rings (SSSR count). The molecule has 12 heavy (non-hydrogen) atoms. The minimum absolute atomic E-state index is 0.969. The molecule has 0 atom stereocenters. The zero-order valence-electron chi connectivity index (χ0n) is 6.70. The second-order valence-corrected chi connectivity index (χ2v) is 3.04. The van der Waals surface area contributed by atoms with Gasteiger partial charge in [0, 0.05) is 4.90 Å². The van der Waals surface area contributed by atoms with Crippen molar-refractivity contribution < 1.29 is 4.79 Å². The van der Waals surface area contributed by atoms with E-state index in [0.29, 0.717) is 0 Å². The summed E-state index contributed by atoms with van der Waals surface area (Å²) < 4.78 is 0. The van der Waals surface area contributed by atoms with Gasteiger partial charge in [-0.1, -0.05) is 12.1 Å². The summed E-state index contributed by atoms with van der Waals surface area (Å²) in [6.07, 6.45) is 3.63. The lowest BCUT2D eigenvalue weighted by molar-refractivity contribution is 0.569. The minimum atomic E-state index is 0.969. The van der Waals surface area contributed by atoms with Gasteiger partial charge in [-0.25, -0.2) is 4.79 Å². The fourth-order valence-electron chi connectivity index (χ4n) is 0.813. The highest BCUT2D eigenvalue weighted by molar-refractivity contribution is 7.98. The first kappa shape index (κ1) is 8.89. The second kappa shape index (κ2) is 4.63. The molecule has 0 bridgehead atoms. The van der Waals surface area contributed by atoms with Crippen LogP contribution >= 0.6 is 11.8 Å². The van der Waals surface area contributed by atoms with E-state index in [0.717, 1.165) is 5.56 Å². The monoisotopic (exact) mass is 176 g/mol. The Morgan fingerprint density at radius 3 is 2.50 bits per heavy atom. The third kappa shape index (κ3) is 2.44. The van der Waals surface area contributed by atoms with E-state index in [1.807, 2.05) is 30.5 Å². The van der Waals surface area contributed by atoms with Gasteiger partial charge < -0.3 is 0 Å². The van der Waals surface area contributed by atoms with Crippen LogP contribution in [0.25, 0.3) is 6.08 Å². The lowest BCUT2D eigenvalue weighted by atomic mass is 10.2. The molecule has 0 saturated heterocycles. The molecule has 0 N–H and O–H groups in total. The minimum Gasteiger partial charge on any atom is -0.224 e. The summed E-state index contributed by atoms with van der Waals surface area (Å²) in [5.74, 6) is 1.58. The molecule has 1 aromatic rings. The van der Waals surface area contributed by atoms with Crippen LogP contribution in [0.3, 0.4) is 0 Å². The van der Waals surface area contributed by atoms with E-state index in [9.17, 15) is 4.79 Å². The first-order chi connectivity index (χ1) is 5.86. The van der Waals surface area contributed by atoms with Gasteiger partial charge in [-0.2, -0.15) is 0 Å². The summed E-state index contributed by atoms with van der Waals surface area (Å²) in [5, 5.41) is 0. The molecule has 0 unspecified atom stereocenters. The van der Waals surface area contributed by atoms with Gasteiger partial charge in [0.05, 0.1) is 0 Å². The summed E-state index contributed by atoms with van der Waals surface area (Å²) in [7, 11) is 0. The molecule has 0 saturated carbocycles. The maximum atomic E-state index is 9.83. The Bertz CT molecular complexity index is 327. The zero-order valence-corrected chi connectivity index (χ0v) is 7.52. The smallest absolute Gasteiger partial charge is 0.177 e. The average molecular weight is 176 g/mol. The first-order valence-corrected chi connectivity index (χ1v) is 4.69. The fourth-order valence-corrected chi connectivity index (χ4v) is 1.22. The van der Waals surface area contributed by atoms with Gasteiger partial charge in [0.25, 0.3) is 0 Å². The number of rotatable bonds is 2. The molecule has 0 fully saturated rings. The van der Waals surface area contributed by atoms with Gasteiger partial charge in [-0.15, -0.1) is 11.8 Å². The third-order valence-electron chi connectivity index (χ3n) is 1.41. The summed E-state index contributed by atoms with van der Waals surface area (Å²) in [6, 6.07) is 7.89. The van der Waals surface area contributed by atoms with Crippen LogP contribution in [-0.2, 0) is 4.79 Å². The Morgan fingerprint density at radius 1 is 1.33 bits per heavy atom. The van der Waals surface area contributed by atoms with Gasteiger partial charge in [-0.05, 0) is 35.8 Å². The van der Waals surface area contributed by atoms with E-state index in [1.54, 1.807) is 23.8 Å². The Hall–Kier alpha value is -1.20. The molecule has 0 radical (unpaired) electrons. The molecule has 0 spiro atoms. The number of carbonyl (C=O) groups excluding carboxylic acids is 1. The van der Waals surface area contributed by atoms with Crippen LogP contribution in [0.4, 0.5) is 0 Å². The second-order valence-electron chi connectivity index (χ2n) is 2.16. The average Bonchev–Trinajstić information content (AvgIpc) is 2.15. The quantitative estimate of drug-likeness (QED) is 0.391. The van der Waals surface area contributed by atoms with E-state index >= 15 is 0 Å². The first-order valence-electron chi connectivity index (χ1n) is 3.47. The van der Waals surface area contributed by atoms with Crippen LogP contribution < -0.4 is 0 Å². The van der Waals surface area contributed by atoms with Crippen molar-refractivity contribution in [3.63, 3.8) is 0 Å². The van der Waals surface area contributed by atoms with Gasteiger partial charge in [0.15, 0.2) is 5.94 Å². The van der Waals surface area contributed by atoms with Crippen molar-refractivity contribution in [3.05, 3.63) is 35.6 Å². The summed E-state index contributed by atoms with van der Waals surface area (Å²) >= 11 is 1.69. The van der Waals surface area contributed by atoms with Crippen molar-refractivity contribution in [3.8, 4) is 0 Å². The Balaban J connectivity index is 2.92. The molecule has 0 aromatic heterocycles. The van der Waals surface area contributed by atoms with Gasteiger partial charge >= 0.3 is 0 Å². The van der Waals surface area contributed by atoms with Crippen molar-refractivity contribution in [1.29, 1.82) is 0 Å². The van der Waals surface area contributed by atoms with Crippen LogP contribution in [0.2, 0.25) is 0 Å². The molecule has 0 aliphatic heterocycles. The molecule has 1 aromatic carbocycles. The fraction of sp³-hybridized carbons (Fsp3) is 0.100. The van der Waals surface area contributed by atoms with Crippen molar-refractivity contribution >= 4 is 23.8 Å². The molecule has 60 valence electrons. The van der Waals surface area contributed by atoms with Crippen molar-refractivity contribution in [2.24, 2.45) is 0 Å². The van der Waals surface area contributed by atoms with Gasteiger partial charge in [-0.3, -0.25) is 0 Å². The van der Waals surface area contributed by atoms with E-state index in [1.165, 1.54) is 4.90 Å². The largest absolute Gasteiger partial charge is 0.224 e. The van der Waals surface area contributed by atoms with Crippen molar-refractivity contribution in [2.75, 3.05) is 6.26 Å². The summed E-state index contributed by atoms with van der Waals surface area (Å²) in [6.45, 7) is 0. The lowest BCUT2D eigenvalue weighted by Gasteiger charge is -1.94. The lowest BCUT2D eigenvalue weighted by Crippen LogP contribution is -1.71. The molecule has 2 heteroatoms. The molecule has 0 heterocycles. The molecular weight excluding hydrogens is 168 g/mol. The molecular formula is C10H8OS. The normalized spacial score (nSPS) is 8.42. The topological polar surface area (TPSA) is 17.1 Å². The molecule has 1 nitrogen and oxygen atoms in total. The van der Waals surface area contributed by atoms with Gasteiger partial charge in [0.2, 0.25) is 0 Å². The van der Waals surface area contributed by atoms with E-state index in [-0.39, 0.29) is 0 Å². The SMILES string of the molecule is CSc1ccc(C=C=C=O)cc1. The molecule has 0 aliphatic rings. The summed E-state index contributed by atoms with van der Waals surface area (Å²) in [4.78, 5) is 11.0. The Labute approximate surface area is 75.8 Å². The predicted molar refractivity (Wildman–Crippen MR) is 51.9 cm³/mol. The van der Waals surface area contributed by atoms with Gasteiger partial charge in [0.1, 0.15) is 0 Å². The highest BCUT2D eigenvalue weighted by Crippen LogP contribution is 2.14. The van der Waals surface area contributed by atoms with Crippen LogP contribution in [0.1, 0.15) is 5.56 Å². The summed E-state index contributed by atoms with van der Waals surface area (Å²) in [5.41, 5.74) is 3.33. The predicted octanol–water partition coefficient (Wildman–Crippen LogP) is 2.41.